The first-order chi connectivity index (χ1) is 7.02. The molecule has 0 bridgehead atoms. The van der Waals surface area contributed by atoms with E-state index in [0.717, 1.165) is 12.8 Å². The Labute approximate surface area is 93.8 Å². The molecular weight excluding hydrogens is 186 g/mol. The van der Waals surface area contributed by atoms with Crippen molar-refractivity contribution in [1.82, 2.24) is 5.32 Å². The smallest absolute Gasteiger partial charge is 0.223 e. The second-order valence-corrected chi connectivity index (χ2v) is 5.50. The highest BCUT2D eigenvalue weighted by Gasteiger charge is 2.26. The Hall–Kier alpha value is -0.530. The van der Waals surface area contributed by atoms with Crippen LogP contribution in [0.2, 0.25) is 0 Å². The van der Waals surface area contributed by atoms with Crippen LogP contribution < -0.4 is 5.32 Å². The molecule has 0 aromatic carbocycles. The van der Waals surface area contributed by atoms with Gasteiger partial charge in [-0.2, -0.15) is 0 Å². The third kappa shape index (κ3) is 3.51. The van der Waals surface area contributed by atoms with Crippen LogP contribution in [-0.4, -0.2) is 11.9 Å². The van der Waals surface area contributed by atoms with E-state index in [-0.39, 0.29) is 0 Å². The van der Waals surface area contributed by atoms with Gasteiger partial charge in [0.15, 0.2) is 0 Å². The van der Waals surface area contributed by atoms with Crippen molar-refractivity contribution in [3.8, 4) is 0 Å². The molecule has 0 aliphatic heterocycles. The molecule has 1 N–H and O–H groups in total. The SMILES string of the molecule is CC(C)C(NC(=O)C1CCCC1)C(C)C. The van der Waals surface area contributed by atoms with E-state index in [4.69, 9.17) is 0 Å². The third-order valence-corrected chi connectivity index (χ3v) is 3.47. The Balaban J connectivity index is 2.46. The molecule has 1 rings (SSSR count). The molecule has 0 aromatic rings. The summed E-state index contributed by atoms with van der Waals surface area (Å²) >= 11 is 0. The highest BCUT2D eigenvalue weighted by atomic mass is 16.1. The van der Waals surface area contributed by atoms with Crippen LogP contribution in [0.15, 0.2) is 0 Å². The minimum absolute atomic E-state index is 0.292. The van der Waals surface area contributed by atoms with Gasteiger partial charge in [0.2, 0.25) is 5.91 Å². The maximum absolute atomic E-state index is 12.0. The predicted octanol–water partition coefficient (Wildman–Crippen LogP) is 2.97. The van der Waals surface area contributed by atoms with Crippen LogP contribution in [0.25, 0.3) is 0 Å². The monoisotopic (exact) mass is 211 g/mol. The largest absolute Gasteiger partial charge is 0.353 e. The second kappa shape index (κ2) is 5.53. The fraction of sp³-hybridized carbons (Fsp3) is 0.923. The summed E-state index contributed by atoms with van der Waals surface area (Å²) in [6.07, 6.45) is 4.64. The number of carbonyl (C=O) groups excluding carboxylic acids is 1. The molecule has 2 nitrogen and oxygen atoms in total. The number of nitrogens with one attached hydrogen (secondary N) is 1. The first-order valence-corrected chi connectivity index (χ1v) is 6.32. The summed E-state index contributed by atoms with van der Waals surface area (Å²) in [7, 11) is 0. The maximum atomic E-state index is 12.0. The maximum Gasteiger partial charge on any atom is 0.223 e. The average molecular weight is 211 g/mol. The fourth-order valence-electron chi connectivity index (χ4n) is 2.57. The minimum Gasteiger partial charge on any atom is -0.353 e. The lowest BCUT2D eigenvalue weighted by atomic mass is 9.92. The van der Waals surface area contributed by atoms with Crippen molar-refractivity contribution in [2.24, 2.45) is 17.8 Å². The molecule has 0 heterocycles. The van der Waals surface area contributed by atoms with Crippen molar-refractivity contribution in [3.05, 3.63) is 0 Å². The molecule has 0 unspecified atom stereocenters. The van der Waals surface area contributed by atoms with Gasteiger partial charge in [-0.3, -0.25) is 4.79 Å². The minimum atomic E-state index is 0.292. The van der Waals surface area contributed by atoms with Crippen LogP contribution in [0.5, 0.6) is 0 Å². The number of rotatable bonds is 4. The van der Waals surface area contributed by atoms with E-state index < -0.39 is 0 Å². The summed E-state index contributed by atoms with van der Waals surface area (Å²) < 4.78 is 0. The lowest BCUT2D eigenvalue weighted by molar-refractivity contribution is -0.126. The summed E-state index contributed by atoms with van der Waals surface area (Å²) in [6.45, 7) is 8.72. The van der Waals surface area contributed by atoms with Crippen LogP contribution in [0.3, 0.4) is 0 Å². The van der Waals surface area contributed by atoms with E-state index in [2.05, 4.69) is 33.0 Å². The van der Waals surface area contributed by atoms with E-state index in [0.29, 0.717) is 29.7 Å². The van der Waals surface area contributed by atoms with Crippen molar-refractivity contribution < 1.29 is 4.79 Å². The molecule has 1 saturated carbocycles. The molecule has 15 heavy (non-hydrogen) atoms. The Bertz CT molecular complexity index is 197. The zero-order valence-electron chi connectivity index (χ0n) is 10.5. The second-order valence-electron chi connectivity index (χ2n) is 5.50. The quantitative estimate of drug-likeness (QED) is 0.761. The van der Waals surface area contributed by atoms with Gasteiger partial charge in [-0.15, -0.1) is 0 Å². The molecule has 1 aliphatic carbocycles. The summed E-state index contributed by atoms with van der Waals surface area (Å²) in [6, 6.07) is 0.332. The molecule has 88 valence electrons. The van der Waals surface area contributed by atoms with Crippen LogP contribution in [0.4, 0.5) is 0 Å². The average Bonchev–Trinajstić information content (AvgIpc) is 2.65. The Morgan fingerprint density at radius 1 is 1.07 bits per heavy atom. The molecule has 2 heteroatoms. The van der Waals surface area contributed by atoms with Crippen molar-refractivity contribution in [2.45, 2.75) is 59.4 Å². The van der Waals surface area contributed by atoms with Crippen molar-refractivity contribution in [2.75, 3.05) is 0 Å². The van der Waals surface area contributed by atoms with E-state index in [1.54, 1.807) is 0 Å². The van der Waals surface area contributed by atoms with Gasteiger partial charge in [0.1, 0.15) is 0 Å². The summed E-state index contributed by atoms with van der Waals surface area (Å²) in [5.74, 6) is 1.63. The summed E-state index contributed by atoms with van der Waals surface area (Å²) in [5, 5.41) is 3.22. The number of carbonyl (C=O) groups is 1. The van der Waals surface area contributed by atoms with E-state index >= 15 is 0 Å². The van der Waals surface area contributed by atoms with Crippen molar-refractivity contribution in [3.63, 3.8) is 0 Å². The molecule has 1 fully saturated rings. The molecule has 0 saturated heterocycles. The molecule has 0 atom stereocenters. The van der Waals surface area contributed by atoms with Crippen LogP contribution in [-0.2, 0) is 4.79 Å². The third-order valence-electron chi connectivity index (χ3n) is 3.47. The number of hydrogen-bond acceptors (Lipinski definition) is 1. The number of amides is 1. The van der Waals surface area contributed by atoms with Gasteiger partial charge in [0.05, 0.1) is 0 Å². The van der Waals surface area contributed by atoms with Gasteiger partial charge in [-0.05, 0) is 24.7 Å². The molecule has 0 radical (unpaired) electrons. The van der Waals surface area contributed by atoms with Gasteiger partial charge < -0.3 is 5.32 Å². The Morgan fingerprint density at radius 2 is 1.53 bits per heavy atom. The Morgan fingerprint density at radius 3 is 1.93 bits per heavy atom. The summed E-state index contributed by atoms with van der Waals surface area (Å²) in [4.78, 5) is 12.0. The summed E-state index contributed by atoms with van der Waals surface area (Å²) in [5.41, 5.74) is 0. The molecule has 0 aromatic heterocycles. The van der Waals surface area contributed by atoms with Gasteiger partial charge >= 0.3 is 0 Å². The van der Waals surface area contributed by atoms with Gasteiger partial charge in [-0.1, -0.05) is 40.5 Å². The first kappa shape index (κ1) is 12.5. The standard InChI is InChI=1S/C13H25NO/c1-9(2)12(10(3)4)14-13(15)11-7-5-6-8-11/h9-12H,5-8H2,1-4H3,(H,14,15). The van der Waals surface area contributed by atoms with Crippen molar-refractivity contribution >= 4 is 5.91 Å². The van der Waals surface area contributed by atoms with Crippen molar-refractivity contribution in [1.29, 1.82) is 0 Å². The van der Waals surface area contributed by atoms with Crippen LogP contribution in [0, 0.1) is 17.8 Å². The first-order valence-electron chi connectivity index (χ1n) is 6.32. The van der Waals surface area contributed by atoms with E-state index in [1.807, 2.05) is 0 Å². The lowest BCUT2D eigenvalue weighted by Gasteiger charge is -2.27. The Kier molecular flexibility index (Phi) is 4.62. The van der Waals surface area contributed by atoms with E-state index in [9.17, 15) is 4.79 Å². The predicted molar refractivity (Wildman–Crippen MR) is 63.6 cm³/mol. The van der Waals surface area contributed by atoms with Crippen LogP contribution in [0.1, 0.15) is 53.4 Å². The fourth-order valence-corrected chi connectivity index (χ4v) is 2.57. The lowest BCUT2D eigenvalue weighted by Crippen LogP contribution is -2.44. The van der Waals surface area contributed by atoms with E-state index in [1.165, 1.54) is 12.8 Å². The van der Waals surface area contributed by atoms with Gasteiger partial charge in [-0.25, -0.2) is 0 Å². The molecule has 0 spiro atoms. The normalized spacial score (nSPS) is 18.1. The highest BCUT2D eigenvalue weighted by molar-refractivity contribution is 5.79. The topological polar surface area (TPSA) is 29.1 Å². The number of hydrogen-bond donors (Lipinski definition) is 1. The molecule has 1 aliphatic rings. The van der Waals surface area contributed by atoms with Gasteiger partial charge in [0.25, 0.3) is 0 Å². The molecule has 1 amide bonds. The van der Waals surface area contributed by atoms with Gasteiger partial charge in [0, 0.05) is 12.0 Å². The van der Waals surface area contributed by atoms with Crippen LogP contribution >= 0.6 is 0 Å². The molecular formula is C13H25NO. The highest BCUT2D eigenvalue weighted by Crippen LogP contribution is 2.25. The zero-order chi connectivity index (χ0) is 11.4. The zero-order valence-corrected chi connectivity index (χ0v) is 10.5.